The van der Waals surface area contributed by atoms with Crippen molar-refractivity contribution >= 4 is 40.4 Å². The number of hydrogen-bond donors (Lipinski definition) is 1. The molecule has 0 spiro atoms. The smallest absolute Gasteiger partial charge is 0.161 e. The fraction of sp³-hybridized carbons (Fsp3) is 0.150. The van der Waals surface area contributed by atoms with Gasteiger partial charge in [-0.05, 0) is 42.5 Å². The molecule has 3 aromatic rings. The van der Waals surface area contributed by atoms with E-state index in [4.69, 9.17) is 49.3 Å². The van der Waals surface area contributed by atoms with E-state index in [-0.39, 0.29) is 6.61 Å². The number of nitrogens with one attached hydrogen (secondary N) is 1. The van der Waals surface area contributed by atoms with Gasteiger partial charge in [-0.3, -0.25) is 0 Å². The highest BCUT2D eigenvalue weighted by Crippen LogP contribution is 2.31. The second-order valence-electron chi connectivity index (χ2n) is 5.62. The Morgan fingerprint density at radius 2 is 1.85 bits per heavy atom. The van der Waals surface area contributed by atoms with E-state index in [0.717, 1.165) is 16.9 Å². The van der Waals surface area contributed by atoms with Crippen LogP contribution in [-0.2, 0) is 13.2 Å². The number of halogens is 2. The lowest BCUT2D eigenvalue weighted by atomic mass is 10.2. The van der Waals surface area contributed by atoms with E-state index in [0.29, 0.717) is 33.1 Å². The van der Waals surface area contributed by atoms with Gasteiger partial charge in [-0.15, -0.1) is 0 Å². The quantitative estimate of drug-likeness (QED) is 0.500. The SMILES string of the molecule is COc1cc(C(=S)NCc2ccco2)ccc1OCc1c(Cl)cccc1Cl. The first-order valence-electron chi connectivity index (χ1n) is 8.13. The van der Waals surface area contributed by atoms with Crippen LogP contribution in [-0.4, -0.2) is 12.1 Å². The Balaban J connectivity index is 1.69. The lowest BCUT2D eigenvalue weighted by Gasteiger charge is -2.14. The largest absolute Gasteiger partial charge is 0.493 e. The van der Waals surface area contributed by atoms with Crippen LogP contribution in [0.25, 0.3) is 0 Å². The van der Waals surface area contributed by atoms with E-state index in [2.05, 4.69) is 5.32 Å². The zero-order valence-electron chi connectivity index (χ0n) is 14.5. The molecule has 0 fully saturated rings. The van der Waals surface area contributed by atoms with E-state index < -0.39 is 0 Å². The molecule has 1 N–H and O–H groups in total. The van der Waals surface area contributed by atoms with Gasteiger partial charge in [0.2, 0.25) is 0 Å². The average Bonchev–Trinajstić information content (AvgIpc) is 3.19. The van der Waals surface area contributed by atoms with Gasteiger partial charge in [-0.25, -0.2) is 0 Å². The second kappa shape index (κ2) is 9.13. The van der Waals surface area contributed by atoms with Crippen molar-refractivity contribution in [2.24, 2.45) is 0 Å². The van der Waals surface area contributed by atoms with Crippen LogP contribution in [0.3, 0.4) is 0 Å². The van der Waals surface area contributed by atoms with Crippen molar-refractivity contribution in [3.63, 3.8) is 0 Å². The molecule has 0 amide bonds. The minimum Gasteiger partial charge on any atom is -0.493 e. The van der Waals surface area contributed by atoms with Crippen molar-refractivity contribution in [3.05, 3.63) is 81.7 Å². The van der Waals surface area contributed by atoms with E-state index >= 15 is 0 Å². The first kappa shape index (κ1) is 19.5. The first-order valence-corrected chi connectivity index (χ1v) is 9.29. The number of rotatable bonds is 7. The molecule has 0 aliphatic heterocycles. The molecule has 0 saturated carbocycles. The predicted molar refractivity (Wildman–Crippen MR) is 111 cm³/mol. The fourth-order valence-electron chi connectivity index (χ4n) is 2.43. The molecule has 0 bridgehead atoms. The highest BCUT2D eigenvalue weighted by molar-refractivity contribution is 7.80. The van der Waals surface area contributed by atoms with Crippen molar-refractivity contribution in [2.45, 2.75) is 13.2 Å². The summed E-state index contributed by atoms with van der Waals surface area (Å²) in [5, 5.41) is 4.27. The summed E-state index contributed by atoms with van der Waals surface area (Å²) in [5.74, 6) is 1.95. The highest BCUT2D eigenvalue weighted by Gasteiger charge is 2.12. The molecule has 2 aromatic carbocycles. The molecular formula is C20H17Cl2NO3S. The molecule has 0 aliphatic rings. The lowest BCUT2D eigenvalue weighted by molar-refractivity contribution is 0.284. The fourth-order valence-corrected chi connectivity index (χ4v) is 3.14. The van der Waals surface area contributed by atoms with Gasteiger partial charge >= 0.3 is 0 Å². The summed E-state index contributed by atoms with van der Waals surface area (Å²) in [7, 11) is 1.58. The molecule has 140 valence electrons. The topological polar surface area (TPSA) is 43.6 Å². The summed E-state index contributed by atoms with van der Waals surface area (Å²) in [6.45, 7) is 0.743. The van der Waals surface area contributed by atoms with E-state index in [1.54, 1.807) is 37.6 Å². The Hall–Kier alpha value is -2.21. The highest BCUT2D eigenvalue weighted by atomic mass is 35.5. The maximum atomic E-state index is 6.18. The first-order chi connectivity index (χ1) is 13.1. The number of benzene rings is 2. The third-order valence-corrected chi connectivity index (χ3v) is 4.95. The number of furan rings is 1. The van der Waals surface area contributed by atoms with Gasteiger partial charge in [0.25, 0.3) is 0 Å². The Labute approximate surface area is 173 Å². The molecule has 0 aliphatic carbocycles. The van der Waals surface area contributed by atoms with Gasteiger partial charge in [0, 0.05) is 21.2 Å². The van der Waals surface area contributed by atoms with Crippen LogP contribution in [0.15, 0.2) is 59.2 Å². The van der Waals surface area contributed by atoms with Crippen molar-refractivity contribution in [1.29, 1.82) is 0 Å². The molecule has 7 heteroatoms. The zero-order chi connectivity index (χ0) is 19.2. The van der Waals surface area contributed by atoms with E-state index in [9.17, 15) is 0 Å². The summed E-state index contributed by atoms with van der Waals surface area (Å²) in [6, 6.07) is 14.5. The zero-order valence-corrected chi connectivity index (χ0v) is 16.8. The molecular weight excluding hydrogens is 405 g/mol. The third kappa shape index (κ3) is 4.95. The van der Waals surface area contributed by atoms with Crippen LogP contribution in [0.4, 0.5) is 0 Å². The van der Waals surface area contributed by atoms with Crippen molar-refractivity contribution < 1.29 is 13.9 Å². The monoisotopic (exact) mass is 421 g/mol. The maximum Gasteiger partial charge on any atom is 0.161 e. The van der Waals surface area contributed by atoms with E-state index in [1.165, 1.54) is 0 Å². The van der Waals surface area contributed by atoms with Crippen LogP contribution in [0.2, 0.25) is 10.0 Å². The van der Waals surface area contributed by atoms with Gasteiger partial charge in [0.05, 0.1) is 19.9 Å². The summed E-state index contributed by atoms with van der Waals surface area (Å²) in [6.07, 6.45) is 1.63. The van der Waals surface area contributed by atoms with Crippen LogP contribution in [0.5, 0.6) is 11.5 Å². The van der Waals surface area contributed by atoms with Crippen molar-refractivity contribution in [2.75, 3.05) is 7.11 Å². The Morgan fingerprint density at radius 3 is 2.52 bits per heavy atom. The molecule has 0 saturated heterocycles. The number of methoxy groups -OCH3 is 1. The van der Waals surface area contributed by atoms with Crippen LogP contribution in [0.1, 0.15) is 16.9 Å². The minimum atomic E-state index is 0.232. The average molecular weight is 422 g/mol. The van der Waals surface area contributed by atoms with Gasteiger partial charge in [-0.1, -0.05) is 41.5 Å². The molecule has 1 heterocycles. The normalized spacial score (nSPS) is 10.5. The number of ether oxygens (including phenoxy) is 2. The molecule has 4 nitrogen and oxygen atoms in total. The summed E-state index contributed by atoms with van der Waals surface area (Å²) in [5.41, 5.74) is 1.54. The van der Waals surface area contributed by atoms with Gasteiger partial charge in [0.15, 0.2) is 11.5 Å². The minimum absolute atomic E-state index is 0.232. The van der Waals surface area contributed by atoms with E-state index in [1.807, 2.05) is 24.3 Å². The summed E-state index contributed by atoms with van der Waals surface area (Å²) >= 11 is 17.8. The van der Waals surface area contributed by atoms with Crippen molar-refractivity contribution in [1.82, 2.24) is 5.32 Å². The molecule has 0 unspecified atom stereocenters. The second-order valence-corrected chi connectivity index (χ2v) is 6.84. The number of thiocarbonyl (C=S) groups is 1. The molecule has 1 aromatic heterocycles. The van der Waals surface area contributed by atoms with Crippen molar-refractivity contribution in [3.8, 4) is 11.5 Å². The molecule has 27 heavy (non-hydrogen) atoms. The molecule has 3 rings (SSSR count). The van der Waals surface area contributed by atoms with Gasteiger partial charge < -0.3 is 19.2 Å². The maximum absolute atomic E-state index is 6.18. The van der Waals surface area contributed by atoms with Crippen LogP contribution >= 0.6 is 35.4 Å². The van der Waals surface area contributed by atoms with Crippen LogP contribution in [0, 0.1) is 0 Å². The Bertz CT molecular complexity index is 909. The Kier molecular flexibility index (Phi) is 6.61. The molecule has 0 atom stereocenters. The summed E-state index contributed by atoms with van der Waals surface area (Å²) < 4.78 is 16.6. The molecule has 0 radical (unpaired) electrons. The van der Waals surface area contributed by atoms with Crippen LogP contribution < -0.4 is 14.8 Å². The third-order valence-electron chi connectivity index (χ3n) is 3.86. The standard InChI is InChI=1S/C20H17Cl2NO3S/c1-24-19-10-13(20(27)23-11-14-4-3-9-25-14)7-8-18(19)26-12-15-16(21)5-2-6-17(15)22/h2-10H,11-12H2,1H3,(H,23,27). The Morgan fingerprint density at radius 1 is 1.07 bits per heavy atom. The number of hydrogen-bond acceptors (Lipinski definition) is 4. The van der Waals surface area contributed by atoms with Gasteiger partial charge in [0.1, 0.15) is 17.4 Å². The predicted octanol–water partition coefficient (Wildman–Crippen LogP) is 5.64. The summed E-state index contributed by atoms with van der Waals surface area (Å²) in [4.78, 5) is 0.588. The van der Waals surface area contributed by atoms with Gasteiger partial charge in [-0.2, -0.15) is 0 Å². The lowest BCUT2D eigenvalue weighted by Crippen LogP contribution is -2.21.